The Morgan fingerprint density at radius 3 is 2.54 bits per heavy atom. The van der Waals surface area contributed by atoms with Crippen molar-refractivity contribution in [3.8, 4) is 22.9 Å². The lowest BCUT2D eigenvalue weighted by Crippen LogP contribution is -2.43. The highest BCUT2D eigenvalue weighted by Gasteiger charge is 2.22. The zero-order valence-corrected chi connectivity index (χ0v) is 15.2. The summed E-state index contributed by atoms with van der Waals surface area (Å²) in [6.07, 6.45) is -0.518. The van der Waals surface area contributed by atoms with E-state index >= 15 is 0 Å². The van der Waals surface area contributed by atoms with E-state index in [-0.39, 0.29) is 12.3 Å². The topological polar surface area (TPSA) is 71.9 Å². The number of nitriles is 1. The number of halogens is 2. The Bertz CT molecular complexity index is 798. The molecule has 6 heteroatoms. The Labute approximate surface area is 152 Å². The van der Waals surface area contributed by atoms with Crippen LogP contribution in [-0.2, 0) is 0 Å². The fraction of sp³-hybridized carbons (Fsp3) is 0.400. The van der Waals surface area contributed by atoms with Crippen LogP contribution < -0.4 is 10.5 Å². The molecule has 138 valence electrons. The summed E-state index contributed by atoms with van der Waals surface area (Å²) in [5.41, 5.74) is 6.99. The van der Waals surface area contributed by atoms with Gasteiger partial charge >= 0.3 is 0 Å². The van der Waals surface area contributed by atoms with Crippen molar-refractivity contribution >= 4 is 0 Å². The minimum absolute atomic E-state index is 0.282. The molecule has 26 heavy (non-hydrogen) atoms. The van der Waals surface area contributed by atoms with Crippen LogP contribution in [0.15, 0.2) is 36.5 Å². The SMILES string of the molecule is CC(C)CC(C)(N)COc1ccc(-c2ccnc(C(F)F)c2)cc1C#N. The van der Waals surface area contributed by atoms with E-state index in [2.05, 4.69) is 24.9 Å². The highest BCUT2D eigenvalue weighted by Crippen LogP contribution is 2.29. The van der Waals surface area contributed by atoms with Gasteiger partial charge < -0.3 is 10.5 Å². The first-order valence-electron chi connectivity index (χ1n) is 8.42. The molecule has 0 fully saturated rings. The van der Waals surface area contributed by atoms with Gasteiger partial charge in [0.05, 0.1) is 5.56 Å². The molecule has 0 amide bonds. The molecule has 2 N–H and O–H groups in total. The molecule has 0 aliphatic rings. The second-order valence-electron chi connectivity index (χ2n) is 7.13. The molecule has 1 atom stereocenters. The van der Waals surface area contributed by atoms with E-state index < -0.39 is 12.0 Å². The molecule has 1 heterocycles. The smallest absolute Gasteiger partial charge is 0.280 e. The van der Waals surface area contributed by atoms with Crippen molar-refractivity contribution in [1.82, 2.24) is 4.98 Å². The Kier molecular flexibility index (Phi) is 6.27. The third-order valence-corrected chi connectivity index (χ3v) is 3.87. The summed E-state index contributed by atoms with van der Waals surface area (Å²) >= 11 is 0. The molecule has 1 aromatic heterocycles. The second-order valence-corrected chi connectivity index (χ2v) is 7.13. The molecule has 0 saturated carbocycles. The average molecular weight is 359 g/mol. The maximum atomic E-state index is 12.8. The first kappa shape index (κ1) is 19.8. The molecular formula is C20H23F2N3O. The lowest BCUT2D eigenvalue weighted by Gasteiger charge is -2.26. The monoisotopic (exact) mass is 359 g/mol. The van der Waals surface area contributed by atoms with Crippen LogP contribution in [0.3, 0.4) is 0 Å². The molecule has 0 radical (unpaired) electrons. The van der Waals surface area contributed by atoms with Gasteiger partial charge in [0.1, 0.15) is 24.1 Å². The van der Waals surface area contributed by atoms with Crippen LogP contribution >= 0.6 is 0 Å². The van der Waals surface area contributed by atoms with Crippen molar-refractivity contribution in [1.29, 1.82) is 5.26 Å². The van der Waals surface area contributed by atoms with Crippen LogP contribution in [0.2, 0.25) is 0 Å². The van der Waals surface area contributed by atoms with Crippen molar-refractivity contribution in [3.05, 3.63) is 47.8 Å². The zero-order chi connectivity index (χ0) is 19.3. The number of benzene rings is 1. The summed E-state index contributed by atoms with van der Waals surface area (Å²) < 4.78 is 31.4. The molecule has 0 spiro atoms. The number of hydrogen-bond acceptors (Lipinski definition) is 4. The summed E-state index contributed by atoms with van der Waals surface area (Å²) in [5, 5.41) is 9.41. The summed E-state index contributed by atoms with van der Waals surface area (Å²) in [6, 6.07) is 10.1. The predicted octanol–water partition coefficient (Wildman–Crippen LogP) is 4.70. The highest BCUT2D eigenvalue weighted by molar-refractivity contribution is 5.67. The van der Waals surface area contributed by atoms with Gasteiger partial charge in [-0.05, 0) is 54.7 Å². The Morgan fingerprint density at radius 1 is 1.23 bits per heavy atom. The van der Waals surface area contributed by atoms with Crippen molar-refractivity contribution in [2.45, 2.75) is 39.2 Å². The van der Waals surface area contributed by atoms with Crippen LogP contribution in [0.25, 0.3) is 11.1 Å². The molecule has 4 nitrogen and oxygen atoms in total. The van der Waals surface area contributed by atoms with E-state index in [1.165, 1.54) is 12.3 Å². The Morgan fingerprint density at radius 2 is 1.92 bits per heavy atom. The van der Waals surface area contributed by atoms with Crippen molar-refractivity contribution in [2.24, 2.45) is 11.7 Å². The van der Waals surface area contributed by atoms with Gasteiger partial charge in [-0.1, -0.05) is 19.9 Å². The van der Waals surface area contributed by atoms with Crippen LogP contribution in [0.1, 0.15) is 44.9 Å². The van der Waals surface area contributed by atoms with Crippen LogP contribution in [-0.4, -0.2) is 17.1 Å². The number of pyridine rings is 1. The number of nitrogens with zero attached hydrogens (tertiary/aromatic N) is 2. The van der Waals surface area contributed by atoms with Crippen molar-refractivity contribution in [3.63, 3.8) is 0 Å². The summed E-state index contributed by atoms with van der Waals surface area (Å²) in [7, 11) is 0. The van der Waals surface area contributed by atoms with Gasteiger partial charge in [0.2, 0.25) is 0 Å². The number of alkyl halides is 2. The lowest BCUT2D eigenvalue weighted by atomic mass is 9.93. The van der Waals surface area contributed by atoms with E-state index in [1.54, 1.807) is 24.3 Å². The van der Waals surface area contributed by atoms with Gasteiger partial charge in [-0.15, -0.1) is 0 Å². The first-order chi connectivity index (χ1) is 12.2. The van der Waals surface area contributed by atoms with E-state index in [4.69, 9.17) is 10.5 Å². The number of aromatic nitrogens is 1. The van der Waals surface area contributed by atoms with Crippen molar-refractivity contribution < 1.29 is 13.5 Å². The lowest BCUT2D eigenvalue weighted by molar-refractivity contribution is 0.146. The highest BCUT2D eigenvalue weighted by atomic mass is 19.3. The minimum atomic E-state index is -2.64. The second kappa shape index (κ2) is 8.24. The molecule has 0 bridgehead atoms. The van der Waals surface area contributed by atoms with E-state index in [1.807, 2.05) is 6.92 Å². The van der Waals surface area contributed by atoms with Gasteiger partial charge in [0.25, 0.3) is 6.43 Å². The molecule has 0 aliphatic heterocycles. The maximum absolute atomic E-state index is 12.8. The molecule has 1 unspecified atom stereocenters. The van der Waals surface area contributed by atoms with Gasteiger partial charge in [-0.25, -0.2) is 8.78 Å². The number of rotatable bonds is 7. The molecule has 2 rings (SSSR count). The quantitative estimate of drug-likeness (QED) is 0.778. The summed E-state index contributed by atoms with van der Waals surface area (Å²) in [4.78, 5) is 3.65. The van der Waals surface area contributed by atoms with Gasteiger partial charge in [0.15, 0.2) is 0 Å². The summed E-state index contributed by atoms with van der Waals surface area (Å²) in [6.45, 7) is 6.37. The Hall–Kier alpha value is -2.52. The fourth-order valence-corrected chi connectivity index (χ4v) is 2.90. The average Bonchev–Trinajstić information content (AvgIpc) is 2.59. The Balaban J connectivity index is 2.23. The zero-order valence-electron chi connectivity index (χ0n) is 15.2. The minimum Gasteiger partial charge on any atom is -0.490 e. The predicted molar refractivity (Wildman–Crippen MR) is 96.9 cm³/mol. The first-order valence-corrected chi connectivity index (χ1v) is 8.42. The molecule has 2 aromatic rings. The summed E-state index contributed by atoms with van der Waals surface area (Å²) in [5.74, 6) is 0.863. The van der Waals surface area contributed by atoms with Crippen LogP contribution in [0, 0.1) is 17.2 Å². The standard InChI is InChI=1S/C20H23F2N3O/c1-13(2)10-20(3,24)12-26-18-5-4-14(8-16(18)11-23)15-6-7-25-17(9-15)19(21)22/h4-9,13,19H,10,12,24H2,1-3H3. The molecule has 1 aromatic carbocycles. The largest absolute Gasteiger partial charge is 0.490 e. The number of nitrogens with two attached hydrogens (primary N) is 1. The number of hydrogen-bond donors (Lipinski definition) is 1. The number of ether oxygens (including phenoxy) is 1. The van der Waals surface area contributed by atoms with Crippen LogP contribution in [0.5, 0.6) is 5.75 Å². The third-order valence-electron chi connectivity index (χ3n) is 3.87. The van der Waals surface area contributed by atoms with Gasteiger partial charge in [0, 0.05) is 11.7 Å². The van der Waals surface area contributed by atoms with Crippen molar-refractivity contribution in [2.75, 3.05) is 6.61 Å². The van der Waals surface area contributed by atoms with E-state index in [0.29, 0.717) is 28.4 Å². The van der Waals surface area contributed by atoms with E-state index in [9.17, 15) is 14.0 Å². The normalized spacial score (nSPS) is 13.5. The molecule has 0 saturated heterocycles. The van der Waals surface area contributed by atoms with Gasteiger partial charge in [-0.3, -0.25) is 4.98 Å². The van der Waals surface area contributed by atoms with E-state index in [0.717, 1.165) is 6.42 Å². The third kappa shape index (κ3) is 5.24. The maximum Gasteiger partial charge on any atom is 0.280 e. The molecule has 0 aliphatic carbocycles. The van der Waals surface area contributed by atoms with Gasteiger partial charge in [-0.2, -0.15) is 5.26 Å². The molecular weight excluding hydrogens is 336 g/mol. The fourth-order valence-electron chi connectivity index (χ4n) is 2.90. The van der Waals surface area contributed by atoms with Crippen LogP contribution in [0.4, 0.5) is 8.78 Å².